The number of benzene rings is 1. The summed E-state index contributed by atoms with van der Waals surface area (Å²) >= 11 is 0. The molecule has 0 aliphatic carbocycles. The first kappa shape index (κ1) is 18.4. The molecule has 1 aromatic carbocycles. The van der Waals surface area contributed by atoms with Crippen LogP contribution in [-0.4, -0.2) is 42.7 Å². The van der Waals surface area contributed by atoms with Gasteiger partial charge in [0.25, 0.3) is 0 Å². The number of hydrogen-bond donors (Lipinski definition) is 2. The lowest BCUT2D eigenvalue weighted by atomic mass is 9.97. The Labute approximate surface area is 164 Å². The molecule has 146 valence electrons. The lowest BCUT2D eigenvalue weighted by molar-refractivity contribution is 0.148. The molecule has 1 atom stereocenters. The molecule has 1 unspecified atom stereocenters. The van der Waals surface area contributed by atoms with Crippen LogP contribution in [0.4, 0.5) is 4.79 Å². The predicted octanol–water partition coefficient (Wildman–Crippen LogP) is 4.26. The van der Waals surface area contributed by atoms with Gasteiger partial charge in [0.2, 0.25) is 0 Å². The van der Waals surface area contributed by atoms with E-state index in [-0.39, 0.29) is 12.1 Å². The zero-order chi connectivity index (χ0) is 19.5. The molecule has 2 N–H and O–H groups in total. The molecule has 1 aliphatic rings. The number of hydrogen-bond acceptors (Lipinski definition) is 3. The van der Waals surface area contributed by atoms with Crippen LogP contribution in [-0.2, 0) is 4.74 Å². The fourth-order valence-corrected chi connectivity index (χ4v) is 3.86. The summed E-state index contributed by atoms with van der Waals surface area (Å²) < 4.78 is 10.7. The number of para-hydroxylation sites is 1. The lowest BCUT2D eigenvalue weighted by Gasteiger charge is -2.28. The Kier molecular flexibility index (Phi) is 5.21. The van der Waals surface area contributed by atoms with E-state index in [9.17, 15) is 4.79 Å². The van der Waals surface area contributed by atoms with Gasteiger partial charge in [-0.15, -0.1) is 0 Å². The first-order valence-electron chi connectivity index (χ1n) is 9.52. The van der Waals surface area contributed by atoms with Gasteiger partial charge in [-0.2, -0.15) is 0 Å². The molecule has 0 spiro atoms. The number of aromatic amines is 1. The van der Waals surface area contributed by atoms with E-state index in [0.29, 0.717) is 25.5 Å². The van der Waals surface area contributed by atoms with E-state index in [2.05, 4.69) is 41.5 Å². The summed E-state index contributed by atoms with van der Waals surface area (Å²) in [5.41, 5.74) is 4.88. The molecule has 0 fully saturated rings. The number of nitrogens with zero attached hydrogens (tertiary/aromatic N) is 1. The van der Waals surface area contributed by atoms with E-state index < -0.39 is 0 Å². The number of urea groups is 1. The Morgan fingerprint density at radius 3 is 2.89 bits per heavy atom. The van der Waals surface area contributed by atoms with Gasteiger partial charge in [0.1, 0.15) is 11.8 Å². The van der Waals surface area contributed by atoms with Crippen LogP contribution in [0.3, 0.4) is 0 Å². The number of aryl methyl sites for hydroxylation is 1. The second kappa shape index (κ2) is 7.94. The standard InChI is InChI=1S/C22H25N3O3/c1-15-21(17-6-3-4-7-18(17)23-15)16-9-11-25(12-10-16)22(26)24-19(14-27-2)20-8-5-13-28-20/h3-9,13,19,23H,10-12,14H2,1-2H3,(H,24,26). The fraction of sp³-hybridized carbons (Fsp3) is 0.318. The van der Waals surface area contributed by atoms with Gasteiger partial charge < -0.3 is 24.4 Å². The van der Waals surface area contributed by atoms with E-state index in [1.807, 2.05) is 23.1 Å². The number of amides is 2. The highest BCUT2D eigenvalue weighted by molar-refractivity contribution is 5.94. The summed E-state index contributed by atoms with van der Waals surface area (Å²) in [6.07, 6.45) is 4.58. The highest BCUT2D eigenvalue weighted by Crippen LogP contribution is 2.32. The van der Waals surface area contributed by atoms with Gasteiger partial charge in [-0.25, -0.2) is 4.79 Å². The maximum atomic E-state index is 12.7. The first-order chi connectivity index (χ1) is 13.7. The third-order valence-corrected chi connectivity index (χ3v) is 5.23. The maximum absolute atomic E-state index is 12.7. The Morgan fingerprint density at radius 1 is 1.32 bits per heavy atom. The predicted molar refractivity (Wildman–Crippen MR) is 109 cm³/mol. The third kappa shape index (κ3) is 3.55. The topological polar surface area (TPSA) is 70.5 Å². The molecule has 1 aliphatic heterocycles. The number of carbonyl (C=O) groups is 1. The number of methoxy groups -OCH3 is 1. The average molecular weight is 379 g/mol. The minimum absolute atomic E-state index is 0.107. The van der Waals surface area contributed by atoms with Crippen LogP contribution in [0.1, 0.15) is 29.5 Å². The molecule has 3 aromatic rings. The maximum Gasteiger partial charge on any atom is 0.318 e. The van der Waals surface area contributed by atoms with Crippen molar-refractivity contribution in [2.24, 2.45) is 0 Å². The van der Waals surface area contributed by atoms with E-state index in [0.717, 1.165) is 11.9 Å². The number of ether oxygens (including phenoxy) is 1. The summed E-state index contributed by atoms with van der Waals surface area (Å²) in [6, 6.07) is 11.6. The normalized spacial score (nSPS) is 15.5. The number of aromatic nitrogens is 1. The van der Waals surface area contributed by atoms with Crippen LogP contribution in [0.15, 0.2) is 53.2 Å². The number of rotatable bonds is 5. The Hall–Kier alpha value is -2.99. The van der Waals surface area contributed by atoms with Crippen molar-refractivity contribution < 1.29 is 13.9 Å². The molecule has 6 heteroatoms. The largest absolute Gasteiger partial charge is 0.467 e. The van der Waals surface area contributed by atoms with E-state index >= 15 is 0 Å². The van der Waals surface area contributed by atoms with Gasteiger partial charge in [-0.05, 0) is 37.1 Å². The second-order valence-electron chi connectivity index (χ2n) is 7.07. The molecule has 0 saturated carbocycles. The Bertz CT molecular complexity index is 988. The van der Waals surface area contributed by atoms with E-state index in [1.54, 1.807) is 13.4 Å². The molecule has 2 amide bonds. The SMILES string of the molecule is COCC(NC(=O)N1CC=C(c2c(C)[nH]c3ccccc23)CC1)c1ccco1. The van der Waals surface area contributed by atoms with Crippen LogP contribution < -0.4 is 5.32 Å². The van der Waals surface area contributed by atoms with Crippen molar-refractivity contribution in [3.05, 3.63) is 65.8 Å². The zero-order valence-electron chi connectivity index (χ0n) is 16.2. The summed E-state index contributed by atoms with van der Waals surface area (Å²) in [7, 11) is 1.61. The van der Waals surface area contributed by atoms with Gasteiger partial charge in [0.05, 0.1) is 12.9 Å². The van der Waals surface area contributed by atoms with Gasteiger partial charge >= 0.3 is 6.03 Å². The summed E-state index contributed by atoms with van der Waals surface area (Å²) in [4.78, 5) is 18.0. The van der Waals surface area contributed by atoms with Crippen LogP contribution in [0.25, 0.3) is 16.5 Å². The zero-order valence-corrected chi connectivity index (χ0v) is 16.2. The monoisotopic (exact) mass is 379 g/mol. The molecule has 0 saturated heterocycles. The van der Waals surface area contributed by atoms with E-state index in [4.69, 9.17) is 9.15 Å². The van der Waals surface area contributed by atoms with Crippen LogP contribution in [0.2, 0.25) is 0 Å². The Morgan fingerprint density at radius 2 is 2.18 bits per heavy atom. The number of carbonyl (C=O) groups excluding carboxylic acids is 1. The van der Waals surface area contributed by atoms with Gasteiger partial charge in [0.15, 0.2) is 0 Å². The van der Waals surface area contributed by atoms with Crippen molar-refractivity contribution in [2.45, 2.75) is 19.4 Å². The summed E-state index contributed by atoms with van der Waals surface area (Å²) in [5, 5.41) is 4.25. The molecule has 2 aromatic heterocycles. The molecule has 0 radical (unpaired) electrons. The number of nitrogens with one attached hydrogen (secondary N) is 2. The van der Waals surface area contributed by atoms with Crippen molar-refractivity contribution in [3.8, 4) is 0 Å². The fourth-order valence-electron chi connectivity index (χ4n) is 3.86. The Balaban J connectivity index is 1.47. The van der Waals surface area contributed by atoms with Gasteiger partial charge in [-0.1, -0.05) is 24.3 Å². The molecular formula is C22H25N3O3. The first-order valence-corrected chi connectivity index (χ1v) is 9.52. The van der Waals surface area contributed by atoms with Crippen LogP contribution >= 0.6 is 0 Å². The van der Waals surface area contributed by atoms with Crippen molar-refractivity contribution in [3.63, 3.8) is 0 Å². The number of furan rings is 1. The second-order valence-corrected chi connectivity index (χ2v) is 7.07. The highest BCUT2D eigenvalue weighted by atomic mass is 16.5. The van der Waals surface area contributed by atoms with Crippen LogP contribution in [0.5, 0.6) is 0 Å². The molecule has 28 heavy (non-hydrogen) atoms. The summed E-state index contributed by atoms with van der Waals surface area (Å²) in [6.45, 7) is 3.73. The molecule has 6 nitrogen and oxygen atoms in total. The van der Waals surface area contributed by atoms with Gasteiger partial charge in [-0.3, -0.25) is 0 Å². The lowest BCUT2D eigenvalue weighted by Crippen LogP contribution is -2.44. The number of H-pyrrole nitrogens is 1. The highest BCUT2D eigenvalue weighted by Gasteiger charge is 2.24. The smallest absolute Gasteiger partial charge is 0.318 e. The minimum Gasteiger partial charge on any atom is -0.467 e. The average Bonchev–Trinajstić information content (AvgIpc) is 3.35. The van der Waals surface area contributed by atoms with E-state index in [1.165, 1.54) is 22.2 Å². The molecule has 0 bridgehead atoms. The minimum atomic E-state index is -0.297. The van der Waals surface area contributed by atoms with Crippen molar-refractivity contribution >= 4 is 22.5 Å². The molecule has 4 rings (SSSR count). The van der Waals surface area contributed by atoms with Crippen molar-refractivity contribution in [1.29, 1.82) is 0 Å². The molecular weight excluding hydrogens is 354 g/mol. The van der Waals surface area contributed by atoms with Crippen molar-refractivity contribution in [1.82, 2.24) is 15.2 Å². The van der Waals surface area contributed by atoms with Crippen molar-refractivity contribution in [2.75, 3.05) is 26.8 Å². The quantitative estimate of drug-likeness (QED) is 0.696. The van der Waals surface area contributed by atoms with Gasteiger partial charge in [0, 0.05) is 42.4 Å². The molecule has 3 heterocycles. The summed E-state index contributed by atoms with van der Waals surface area (Å²) in [5.74, 6) is 0.692. The number of fused-ring (bicyclic) bond motifs is 1. The van der Waals surface area contributed by atoms with Crippen LogP contribution in [0, 0.1) is 6.92 Å². The third-order valence-electron chi connectivity index (χ3n) is 5.23.